The predicted molar refractivity (Wildman–Crippen MR) is 69.1 cm³/mol. The summed E-state index contributed by atoms with van der Waals surface area (Å²) in [6, 6.07) is 7.64. The fourth-order valence-electron chi connectivity index (χ4n) is 1.74. The standard InChI is InChI=1S/C13H15N5/c1-10-7-11(9-14)8-13(16-10)15-5-3-12-4-6-18(2)17-12/h4,6-8H,3,5H2,1-2H3,(H,15,16). The molecular weight excluding hydrogens is 226 g/mol. The molecule has 92 valence electrons. The molecule has 0 spiro atoms. The number of hydrogen-bond acceptors (Lipinski definition) is 4. The van der Waals surface area contributed by atoms with Crippen LogP contribution in [0, 0.1) is 18.3 Å². The van der Waals surface area contributed by atoms with Crippen LogP contribution in [-0.2, 0) is 13.5 Å². The molecule has 2 heterocycles. The fraction of sp³-hybridized carbons (Fsp3) is 0.308. The second-order valence-electron chi connectivity index (χ2n) is 4.15. The van der Waals surface area contributed by atoms with E-state index in [9.17, 15) is 0 Å². The zero-order valence-electron chi connectivity index (χ0n) is 10.5. The summed E-state index contributed by atoms with van der Waals surface area (Å²) in [5.41, 5.74) is 2.51. The van der Waals surface area contributed by atoms with E-state index in [0.29, 0.717) is 5.56 Å². The maximum Gasteiger partial charge on any atom is 0.127 e. The molecule has 0 bridgehead atoms. The second kappa shape index (κ2) is 5.32. The number of nitrogens with one attached hydrogen (secondary N) is 1. The van der Waals surface area contributed by atoms with Crippen LogP contribution in [0.4, 0.5) is 5.82 Å². The van der Waals surface area contributed by atoms with Crippen molar-refractivity contribution in [3.8, 4) is 6.07 Å². The Hall–Kier alpha value is -2.35. The van der Waals surface area contributed by atoms with E-state index in [4.69, 9.17) is 5.26 Å². The minimum atomic E-state index is 0.628. The summed E-state index contributed by atoms with van der Waals surface area (Å²) >= 11 is 0. The molecule has 0 fully saturated rings. The van der Waals surface area contributed by atoms with Crippen molar-refractivity contribution in [2.45, 2.75) is 13.3 Å². The van der Waals surface area contributed by atoms with Gasteiger partial charge in [-0.2, -0.15) is 10.4 Å². The van der Waals surface area contributed by atoms with Gasteiger partial charge in [0.1, 0.15) is 5.82 Å². The summed E-state index contributed by atoms with van der Waals surface area (Å²) in [6.45, 7) is 2.63. The first-order valence-electron chi connectivity index (χ1n) is 5.78. The van der Waals surface area contributed by atoms with Crippen LogP contribution in [0.2, 0.25) is 0 Å². The molecule has 0 aliphatic carbocycles. The van der Waals surface area contributed by atoms with Crippen LogP contribution in [0.15, 0.2) is 24.4 Å². The van der Waals surface area contributed by atoms with E-state index in [-0.39, 0.29) is 0 Å². The molecule has 0 amide bonds. The van der Waals surface area contributed by atoms with Crippen molar-refractivity contribution in [2.75, 3.05) is 11.9 Å². The quantitative estimate of drug-likeness (QED) is 0.883. The van der Waals surface area contributed by atoms with Crippen molar-refractivity contribution in [3.63, 3.8) is 0 Å². The lowest BCUT2D eigenvalue weighted by Crippen LogP contribution is -2.07. The zero-order chi connectivity index (χ0) is 13.0. The molecule has 1 N–H and O–H groups in total. The molecule has 0 aromatic carbocycles. The van der Waals surface area contributed by atoms with Crippen molar-refractivity contribution in [3.05, 3.63) is 41.3 Å². The lowest BCUT2D eigenvalue weighted by atomic mass is 10.2. The van der Waals surface area contributed by atoms with E-state index in [1.165, 1.54) is 0 Å². The first kappa shape index (κ1) is 12.1. The normalized spacial score (nSPS) is 10.1. The number of rotatable bonds is 4. The number of pyridine rings is 1. The highest BCUT2D eigenvalue weighted by atomic mass is 15.2. The van der Waals surface area contributed by atoms with Gasteiger partial charge in [-0.15, -0.1) is 0 Å². The lowest BCUT2D eigenvalue weighted by Gasteiger charge is -2.05. The maximum atomic E-state index is 8.87. The first-order chi connectivity index (χ1) is 8.67. The summed E-state index contributed by atoms with van der Waals surface area (Å²) in [5, 5.41) is 16.4. The molecule has 0 saturated heterocycles. The van der Waals surface area contributed by atoms with Gasteiger partial charge >= 0.3 is 0 Å². The highest BCUT2D eigenvalue weighted by Crippen LogP contribution is 2.09. The molecule has 2 rings (SSSR count). The Labute approximate surface area is 106 Å². The zero-order valence-corrected chi connectivity index (χ0v) is 10.5. The van der Waals surface area contributed by atoms with Gasteiger partial charge in [-0.25, -0.2) is 4.98 Å². The number of anilines is 1. The Morgan fingerprint density at radius 1 is 1.44 bits per heavy atom. The van der Waals surface area contributed by atoms with E-state index in [1.54, 1.807) is 16.8 Å². The Balaban J connectivity index is 1.94. The minimum absolute atomic E-state index is 0.628. The molecule has 0 atom stereocenters. The Bertz CT molecular complexity index is 579. The van der Waals surface area contributed by atoms with Gasteiger partial charge in [-0.3, -0.25) is 4.68 Å². The molecule has 0 aliphatic heterocycles. The van der Waals surface area contributed by atoms with Gasteiger partial charge in [0.05, 0.1) is 17.3 Å². The van der Waals surface area contributed by atoms with Crippen molar-refractivity contribution in [1.82, 2.24) is 14.8 Å². The summed E-state index contributed by atoms with van der Waals surface area (Å²) in [6.07, 6.45) is 2.76. The summed E-state index contributed by atoms with van der Waals surface area (Å²) in [7, 11) is 1.90. The van der Waals surface area contributed by atoms with Gasteiger partial charge in [0.15, 0.2) is 0 Å². The lowest BCUT2D eigenvalue weighted by molar-refractivity contribution is 0.742. The van der Waals surface area contributed by atoms with Crippen molar-refractivity contribution in [1.29, 1.82) is 5.26 Å². The molecule has 5 nitrogen and oxygen atoms in total. The van der Waals surface area contributed by atoms with Crippen molar-refractivity contribution < 1.29 is 0 Å². The average molecular weight is 241 g/mol. The Kier molecular flexibility index (Phi) is 3.58. The third-order valence-corrected chi connectivity index (χ3v) is 2.54. The minimum Gasteiger partial charge on any atom is -0.370 e. The second-order valence-corrected chi connectivity index (χ2v) is 4.15. The van der Waals surface area contributed by atoms with E-state index < -0.39 is 0 Å². The number of nitriles is 1. The SMILES string of the molecule is Cc1cc(C#N)cc(NCCc2ccn(C)n2)n1. The Morgan fingerprint density at radius 2 is 2.28 bits per heavy atom. The van der Waals surface area contributed by atoms with Crippen LogP contribution in [0.5, 0.6) is 0 Å². The number of hydrogen-bond donors (Lipinski definition) is 1. The van der Waals surface area contributed by atoms with Crippen molar-refractivity contribution >= 4 is 5.82 Å². The van der Waals surface area contributed by atoms with E-state index >= 15 is 0 Å². The largest absolute Gasteiger partial charge is 0.370 e. The average Bonchev–Trinajstić information content (AvgIpc) is 2.74. The summed E-state index contributed by atoms with van der Waals surface area (Å²) in [5.74, 6) is 0.738. The van der Waals surface area contributed by atoms with Crippen LogP contribution < -0.4 is 5.32 Å². The molecule has 2 aromatic heterocycles. The molecular formula is C13H15N5. The summed E-state index contributed by atoms with van der Waals surface area (Å²) in [4.78, 5) is 4.33. The van der Waals surface area contributed by atoms with Crippen LogP contribution in [0.1, 0.15) is 17.0 Å². The molecule has 0 unspecified atom stereocenters. The van der Waals surface area contributed by atoms with Crippen LogP contribution >= 0.6 is 0 Å². The van der Waals surface area contributed by atoms with E-state index in [0.717, 1.165) is 30.2 Å². The van der Waals surface area contributed by atoms with Gasteiger partial charge in [0.2, 0.25) is 0 Å². The number of nitrogens with zero attached hydrogens (tertiary/aromatic N) is 4. The predicted octanol–water partition coefficient (Wildman–Crippen LogP) is 1.65. The highest BCUT2D eigenvalue weighted by Gasteiger charge is 2.00. The smallest absolute Gasteiger partial charge is 0.127 e. The first-order valence-corrected chi connectivity index (χ1v) is 5.78. The third-order valence-electron chi connectivity index (χ3n) is 2.54. The van der Waals surface area contributed by atoms with E-state index in [2.05, 4.69) is 21.5 Å². The van der Waals surface area contributed by atoms with Gasteiger partial charge < -0.3 is 5.32 Å². The van der Waals surface area contributed by atoms with Crippen LogP contribution in [0.25, 0.3) is 0 Å². The number of aromatic nitrogens is 3. The highest BCUT2D eigenvalue weighted by molar-refractivity contribution is 5.44. The fourth-order valence-corrected chi connectivity index (χ4v) is 1.74. The topological polar surface area (TPSA) is 66.5 Å². The molecule has 0 aliphatic rings. The molecule has 2 aromatic rings. The monoisotopic (exact) mass is 241 g/mol. The van der Waals surface area contributed by atoms with Gasteiger partial charge in [0.25, 0.3) is 0 Å². The Morgan fingerprint density at radius 3 is 2.94 bits per heavy atom. The molecule has 18 heavy (non-hydrogen) atoms. The maximum absolute atomic E-state index is 8.87. The molecule has 5 heteroatoms. The van der Waals surface area contributed by atoms with Gasteiger partial charge in [-0.05, 0) is 25.1 Å². The van der Waals surface area contributed by atoms with E-state index in [1.807, 2.05) is 26.2 Å². The molecule has 0 radical (unpaired) electrons. The van der Waals surface area contributed by atoms with Gasteiger partial charge in [-0.1, -0.05) is 0 Å². The van der Waals surface area contributed by atoms with Crippen molar-refractivity contribution in [2.24, 2.45) is 7.05 Å². The van der Waals surface area contributed by atoms with Crippen LogP contribution in [0.3, 0.4) is 0 Å². The number of aryl methyl sites for hydroxylation is 2. The third kappa shape index (κ3) is 3.08. The van der Waals surface area contributed by atoms with Crippen LogP contribution in [-0.4, -0.2) is 21.3 Å². The van der Waals surface area contributed by atoms with Gasteiger partial charge in [0, 0.05) is 31.9 Å². The molecule has 0 saturated carbocycles. The summed E-state index contributed by atoms with van der Waals surface area (Å²) < 4.78 is 1.79.